The summed E-state index contributed by atoms with van der Waals surface area (Å²) < 4.78 is 1.04. The number of hydrogen-bond donors (Lipinski definition) is 0. The van der Waals surface area contributed by atoms with Gasteiger partial charge in [-0.15, -0.1) is 11.3 Å². The average molecular weight is 452 g/mol. The van der Waals surface area contributed by atoms with E-state index in [4.69, 9.17) is 4.98 Å². The zero-order valence-electron chi connectivity index (χ0n) is 18.4. The van der Waals surface area contributed by atoms with Gasteiger partial charge in [0.25, 0.3) is 0 Å². The van der Waals surface area contributed by atoms with Crippen LogP contribution in [-0.4, -0.2) is 42.0 Å². The van der Waals surface area contributed by atoms with Gasteiger partial charge in [0.2, 0.25) is 5.91 Å². The Bertz CT molecular complexity index is 1050. The molecular weight excluding hydrogens is 422 g/mol. The molecule has 162 valence electrons. The number of carbonyl (C=O) groups is 1. The van der Waals surface area contributed by atoms with Crippen LogP contribution in [0.3, 0.4) is 0 Å². The fourth-order valence-corrected chi connectivity index (χ4v) is 5.74. The highest BCUT2D eigenvalue weighted by Gasteiger charge is 2.22. The van der Waals surface area contributed by atoms with Crippen molar-refractivity contribution in [2.45, 2.75) is 37.3 Å². The first-order chi connectivity index (χ1) is 15.0. The van der Waals surface area contributed by atoms with E-state index in [9.17, 15) is 4.79 Å². The van der Waals surface area contributed by atoms with Gasteiger partial charge in [-0.2, -0.15) is 0 Å². The number of anilines is 1. The molecule has 0 spiro atoms. The number of benzene rings is 2. The number of carbonyl (C=O) groups excluding carboxylic acids is 1. The van der Waals surface area contributed by atoms with Gasteiger partial charge in [-0.3, -0.25) is 4.79 Å². The molecule has 3 aromatic rings. The molecule has 1 fully saturated rings. The maximum atomic E-state index is 12.8. The standard InChI is InChI=1S/C25H29N3OS2/c1-18-5-4-6-23(14-18)27-9-11-28(12-10-27)24(29)15-22-17-31-25(26-22)30-16-21-13-19(2)7-8-20(21)3/h4-8,13-14,17H,9-12,15-16H2,1-3H3. The van der Waals surface area contributed by atoms with E-state index in [1.165, 1.54) is 27.9 Å². The van der Waals surface area contributed by atoms with Crippen molar-refractivity contribution in [3.8, 4) is 0 Å². The summed E-state index contributed by atoms with van der Waals surface area (Å²) in [6, 6.07) is 15.2. The first kappa shape index (κ1) is 21.9. The Labute approximate surface area is 193 Å². The number of piperazine rings is 1. The van der Waals surface area contributed by atoms with Crippen LogP contribution < -0.4 is 4.90 Å². The van der Waals surface area contributed by atoms with Crippen molar-refractivity contribution < 1.29 is 4.79 Å². The summed E-state index contributed by atoms with van der Waals surface area (Å²) in [4.78, 5) is 21.9. The molecule has 0 radical (unpaired) electrons. The molecule has 1 aromatic heterocycles. The molecule has 31 heavy (non-hydrogen) atoms. The smallest absolute Gasteiger partial charge is 0.228 e. The van der Waals surface area contributed by atoms with Crippen molar-refractivity contribution in [3.05, 3.63) is 75.8 Å². The van der Waals surface area contributed by atoms with E-state index < -0.39 is 0 Å². The Morgan fingerprint density at radius 2 is 1.81 bits per heavy atom. The molecule has 1 amide bonds. The summed E-state index contributed by atoms with van der Waals surface area (Å²) in [5, 5.41) is 2.03. The fourth-order valence-electron chi connectivity index (χ4n) is 3.84. The zero-order valence-corrected chi connectivity index (χ0v) is 20.1. The van der Waals surface area contributed by atoms with Gasteiger partial charge in [-0.25, -0.2) is 4.98 Å². The maximum Gasteiger partial charge on any atom is 0.228 e. The van der Waals surface area contributed by atoms with Crippen LogP contribution in [0.2, 0.25) is 0 Å². The number of hydrogen-bond acceptors (Lipinski definition) is 5. The third-order valence-corrected chi connectivity index (χ3v) is 7.84. The maximum absolute atomic E-state index is 12.8. The molecule has 0 saturated carbocycles. The van der Waals surface area contributed by atoms with Crippen LogP contribution in [0.15, 0.2) is 52.2 Å². The summed E-state index contributed by atoms with van der Waals surface area (Å²) in [6.45, 7) is 9.69. The molecule has 4 nitrogen and oxygen atoms in total. The molecule has 0 N–H and O–H groups in total. The molecule has 0 bridgehead atoms. The van der Waals surface area contributed by atoms with Crippen LogP contribution in [-0.2, 0) is 17.0 Å². The van der Waals surface area contributed by atoms with Crippen LogP contribution in [0.4, 0.5) is 5.69 Å². The van der Waals surface area contributed by atoms with Gasteiger partial charge in [-0.1, -0.05) is 47.7 Å². The van der Waals surface area contributed by atoms with Crippen molar-refractivity contribution in [2.75, 3.05) is 31.1 Å². The second kappa shape index (κ2) is 9.88. The zero-order chi connectivity index (χ0) is 21.8. The van der Waals surface area contributed by atoms with E-state index in [1.54, 1.807) is 23.1 Å². The minimum absolute atomic E-state index is 0.181. The number of aromatic nitrogens is 1. The molecule has 1 saturated heterocycles. The molecule has 2 heterocycles. The molecule has 0 aliphatic carbocycles. The molecule has 6 heteroatoms. The normalized spacial score (nSPS) is 14.2. The minimum atomic E-state index is 0.181. The second-order valence-electron chi connectivity index (χ2n) is 8.21. The van der Waals surface area contributed by atoms with E-state index in [1.807, 2.05) is 10.3 Å². The number of rotatable bonds is 6. The molecule has 0 atom stereocenters. The lowest BCUT2D eigenvalue weighted by Gasteiger charge is -2.36. The Morgan fingerprint density at radius 3 is 2.58 bits per heavy atom. The highest BCUT2D eigenvalue weighted by atomic mass is 32.2. The first-order valence-electron chi connectivity index (χ1n) is 10.7. The SMILES string of the molecule is Cc1cccc(N2CCN(C(=O)Cc3csc(SCc4cc(C)ccc4C)n3)CC2)c1. The van der Waals surface area contributed by atoms with E-state index in [0.29, 0.717) is 6.42 Å². The van der Waals surface area contributed by atoms with Crippen molar-refractivity contribution in [1.29, 1.82) is 0 Å². The van der Waals surface area contributed by atoms with Gasteiger partial charge in [0, 0.05) is 43.0 Å². The van der Waals surface area contributed by atoms with Crippen LogP contribution in [0.1, 0.15) is 27.9 Å². The molecule has 2 aromatic carbocycles. The Morgan fingerprint density at radius 1 is 1.03 bits per heavy atom. The van der Waals surface area contributed by atoms with Gasteiger partial charge < -0.3 is 9.80 Å². The van der Waals surface area contributed by atoms with Gasteiger partial charge in [-0.05, 0) is 49.6 Å². The van der Waals surface area contributed by atoms with Gasteiger partial charge >= 0.3 is 0 Å². The summed E-state index contributed by atoms with van der Waals surface area (Å²) >= 11 is 3.39. The lowest BCUT2D eigenvalue weighted by molar-refractivity contribution is -0.130. The molecule has 1 aliphatic rings. The van der Waals surface area contributed by atoms with Gasteiger partial charge in [0.15, 0.2) is 0 Å². The van der Waals surface area contributed by atoms with Crippen LogP contribution in [0, 0.1) is 20.8 Å². The lowest BCUT2D eigenvalue weighted by Crippen LogP contribution is -2.49. The van der Waals surface area contributed by atoms with E-state index in [2.05, 4.69) is 68.1 Å². The molecular formula is C25H29N3OS2. The Kier molecular flexibility index (Phi) is 6.98. The van der Waals surface area contributed by atoms with Crippen LogP contribution in [0.25, 0.3) is 0 Å². The van der Waals surface area contributed by atoms with Crippen LogP contribution in [0.5, 0.6) is 0 Å². The quantitative estimate of drug-likeness (QED) is 0.480. The first-order valence-corrected chi connectivity index (χ1v) is 12.6. The predicted molar refractivity (Wildman–Crippen MR) is 131 cm³/mol. The Hall–Kier alpha value is -2.31. The van der Waals surface area contributed by atoms with E-state index >= 15 is 0 Å². The highest BCUT2D eigenvalue weighted by molar-refractivity contribution is 8.00. The third kappa shape index (κ3) is 5.69. The summed E-state index contributed by atoms with van der Waals surface area (Å²) in [5.41, 5.74) is 7.36. The van der Waals surface area contributed by atoms with Gasteiger partial charge in [0.05, 0.1) is 12.1 Å². The van der Waals surface area contributed by atoms with E-state index in [-0.39, 0.29) is 5.91 Å². The van der Waals surface area contributed by atoms with Crippen molar-refractivity contribution >= 4 is 34.7 Å². The molecule has 1 aliphatic heterocycles. The number of nitrogens with zero attached hydrogens (tertiary/aromatic N) is 3. The Balaban J connectivity index is 1.28. The largest absolute Gasteiger partial charge is 0.368 e. The van der Waals surface area contributed by atoms with Crippen molar-refractivity contribution in [1.82, 2.24) is 9.88 Å². The predicted octanol–water partition coefficient (Wildman–Crippen LogP) is 5.25. The number of aryl methyl sites for hydroxylation is 3. The molecule has 0 unspecified atom stereocenters. The minimum Gasteiger partial charge on any atom is -0.368 e. The molecule has 4 rings (SSSR count). The van der Waals surface area contributed by atoms with E-state index in [0.717, 1.165) is 42.0 Å². The lowest BCUT2D eigenvalue weighted by atomic mass is 10.1. The average Bonchev–Trinajstić information content (AvgIpc) is 3.21. The number of amides is 1. The second-order valence-corrected chi connectivity index (χ2v) is 10.3. The summed E-state index contributed by atoms with van der Waals surface area (Å²) in [7, 11) is 0. The highest BCUT2D eigenvalue weighted by Crippen LogP contribution is 2.28. The van der Waals surface area contributed by atoms with Crippen molar-refractivity contribution in [2.24, 2.45) is 0 Å². The van der Waals surface area contributed by atoms with Crippen LogP contribution >= 0.6 is 23.1 Å². The van der Waals surface area contributed by atoms with Crippen molar-refractivity contribution in [3.63, 3.8) is 0 Å². The topological polar surface area (TPSA) is 36.4 Å². The van der Waals surface area contributed by atoms with Gasteiger partial charge in [0.1, 0.15) is 4.34 Å². The summed E-state index contributed by atoms with van der Waals surface area (Å²) in [6.07, 6.45) is 0.394. The fraction of sp³-hybridized carbons (Fsp3) is 0.360. The number of thiazole rings is 1. The third-order valence-electron chi connectivity index (χ3n) is 5.72. The number of thioether (sulfide) groups is 1. The summed E-state index contributed by atoms with van der Waals surface area (Å²) in [5.74, 6) is 1.09. The monoisotopic (exact) mass is 451 g/mol.